The molecule has 3 N–H and O–H groups in total. The number of likely N-dealkylation sites (tertiary alicyclic amines) is 1. The number of carbonyl (C=O) groups excluding carboxylic acids is 3. The Bertz CT molecular complexity index is 861. The molecule has 0 aliphatic carbocycles. The standard InChI is InChI=1S/C22H26N4O3/c1-16-6-5-9-19(14-16)25-22(29)23-15-20(27)26-12-10-18(11-13-26)24-21(28)17-7-3-2-4-8-17/h2-9,14,18H,10-13,15H2,1H3,(H,24,28)(H2,23,25,29). The second kappa shape index (κ2) is 9.73. The second-order valence-electron chi connectivity index (χ2n) is 7.17. The Labute approximate surface area is 170 Å². The number of urea groups is 1. The van der Waals surface area contributed by atoms with Crippen LogP contribution in [0.15, 0.2) is 54.6 Å². The molecule has 2 aromatic carbocycles. The number of rotatable bonds is 5. The second-order valence-corrected chi connectivity index (χ2v) is 7.17. The van der Waals surface area contributed by atoms with Crippen LogP contribution in [0.5, 0.6) is 0 Å². The van der Waals surface area contributed by atoms with Gasteiger partial charge in [0.05, 0.1) is 6.54 Å². The van der Waals surface area contributed by atoms with Gasteiger partial charge in [-0.05, 0) is 49.6 Å². The van der Waals surface area contributed by atoms with Crippen LogP contribution in [-0.4, -0.2) is 48.4 Å². The summed E-state index contributed by atoms with van der Waals surface area (Å²) in [4.78, 5) is 38.3. The van der Waals surface area contributed by atoms with Gasteiger partial charge in [-0.3, -0.25) is 9.59 Å². The Hall–Kier alpha value is -3.35. The smallest absolute Gasteiger partial charge is 0.319 e. The molecule has 4 amide bonds. The predicted octanol–water partition coefficient (Wildman–Crippen LogP) is 2.54. The van der Waals surface area contributed by atoms with Crippen LogP contribution in [0.25, 0.3) is 0 Å². The van der Waals surface area contributed by atoms with E-state index in [1.807, 2.05) is 43.3 Å². The Kier molecular flexibility index (Phi) is 6.84. The number of piperidine rings is 1. The van der Waals surface area contributed by atoms with Crippen molar-refractivity contribution in [2.75, 3.05) is 25.0 Å². The highest BCUT2D eigenvalue weighted by Gasteiger charge is 2.24. The van der Waals surface area contributed by atoms with Gasteiger partial charge in [0.2, 0.25) is 5.91 Å². The molecule has 0 bridgehead atoms. The molecule has 7 heteroatoms. The van der Waals surface area contributed by atoms with Crippen LogP contribution >= 0.6 is 0 Å². The number of benzene rings is 2. The number of aryl methyl sites for hydroxylation is 1. The highest BCUT2D eigenvalue weighted by Crippen LogP contribution is 2.12. The van der Waals surface area contributed by atoms with Crippen LogP contribution in [0.1, 0.15) is 28.8 Å². The molecule has 1 heterocycles. The largest absolute Gasteiger partial charge is 0.349 e. The highest BCUT2D eigenvalue weighted by atomic mass is 16.2. The van der Waals surface area contributed by atoms with Gasteiger partial charge < -0.3 is 20.9 Å². The summed E-state index contributed by atoms with van der Waals surface area (Å²) in [5.74, 6) is -0.220. The fourth-order valence-corrected chi connectivity index (χ4v) is 3.30. The van der Waals surface area contributed by atoms with Crippen molar-refractivity contribution in [3.05, 3.63) is 65.7 Å². The van der Waals surface area contributed by atoms with E-state index in [9.17, 15) is 14.4 Å². The van der Waals surface area contributed by atoms with Gasteiger partial charge in [-0.2, -0.15) is 0 Å². The molecule has 0 saturated carbocycles. The van der Waals surface area contributed by atoms with Gasteiger partial charge in [0, 0.05) is 30.4 Å². The van der Waals surface area contributed by atoms with E-state index in [2.05, 4.69) is 16.0 Å². The lowest BCUT2D eigenvalue weighted by Crippen LogP contribution is -2.49. The molecule has 0 atom stereocenters. The minimum absolute atomic E-state index is 0.0457. The van der Waals surface area contributed by atoms with Crippen molar-refractivity contribution in [2.24, 2.45) is 0 Å². The van der Waals surface area contributed by atoms with E-state index in [0.717, 1.165) is 5.56 Å². The van der Waals surface area contributed by atoms with Gasteiger partial charge >= 0.3 is 6.03 Å². The first kappa shape index (κ1) is 20.4. The lowest BCUT2D eigenvalue weighted by atomic mass is 10.0. The molecular formula is C22H26N4O3. The van der Waals surface area contributed by atoms with E-state index in [4.69, 9.17) is 0 Å². The summed E-state index contributed by atoms with van der Waals surface area (Å²) in [6.07, 6.45) is 1.39. The van der Waals surface area contributed by atoms with Gasteiger partial charge in [0.15, 0.2) is 0 Å². The third kappa shape index (κ3) is 6.07. The van der Waals surface area contributed by atoms with Gasteiger partial charge in [-0.25, -0.2) is 4.79 Å². The zero-order valence-electron chi connectivity index (χ0n) is 16.5. The van der Waals surface area contributed by atoms with Gasteiger partial charge in [0.25, 0.3) is 5.91 Å². The van der Waals surface area contributed by atoms with Crippen LogP contribution in [0.2, 0.25) is 0 Å². The minimum Gasteiger partial charge on any atom is -0.349 e. The fourth-order valence-electron chi connectivity index (χ4n) is 3.30. The first-order valence-corrected chi connectivity index (χ1v) is 9.76. The fraction of sp³-hybridized carbons (Fsp3) is 0.318. The van der Waals surface area contributed by atoms with Crippen LogP contribution in [0.3, 0.4) is 0 Å². The molecule has 0 unspecified atom stereocenters. The van der Waals surface area contributed by atoms with Gasteiger partial charge in [-0.15, -0.1) is 0 Å². The zero-order chi connectivity index (χ0) is 20.6. The van der Waals surface area contributed by atoms with E-state index < -0.39 is 6.03 Å². The molecule has 0 spiro atoms. The van der Waals surface area contributed by atoms with Crippen molar-refractivity contribution in [3.8, 4) is 0 Å². The third-order valence-corrected chi connectivity index (χ3v) is 4.89. The predicted molar refractivity (Wildman–Crippen MR) is 112 cm³/mol. The molecule has 2 aromatic rings. The first-order chi connectivity index (χ1) is 14.0. The van der Waals surface area contributed by atoms with Crippen LogP contribution < -0.4 is 16.0 Å². The molecule has 29 heavy (non-hydrogen) atoms. The van der Waals surface area contributed by atoms with E-state index in [0.29, 0.717) is 37.2 Å². The van der Waals surface area contributed by atoms with Crippen molar-refractivity contribution in [3.63, 3.8) is 0 Å². The summed E-state index contributed by atoms with van der Waals surface area (Å²) in [6, 6.07) is 16.2. The molecule has 0 radical (unpaired) electrons. The monoisotopic (exact) mass is 394 g/mol. The van der Waals surface area contributed by atoms with Crippen molar-refractivity contribution < 1.29 is 14.4 Å². The van der Waals surface area contributed by atoms with Crippen molar-refractivity contribution in [2.45, 2.75) is 25.8 Å². The number of carbonyl (C=O) groups is 3. The lowest BCUT2D eigenvalue weighted by molar-refractivity contribution is -0.131. The third-order valence-electron chi connectivity index (χ3n) is 4.89. The van der Waals surface area contributed by atoms with Gasteiger partial charge in [0.1, 0.15) is 0 Å². The summed E-state index contributed by atoms with van der Waals surface area (Å²) in [5.41, 5.74) is 2.36. The summed E-state index contributed by atoms with van der Waals surface area (Å²) < 4.78 is 0. The van der Waals surface area contributed by atoms with E-state index in [1.165, 1.54) is 0 Å². The lowest BCUT2D eigenvalue weighted by Gasteiger charge is -2.32. The van der Waals surface area contributed by atoms with E-state index in [1.54, 1.807) is 23.1 Å². The summed E-state index contributed by atoms with van der Waals surface area (Å²) in [7, 11) is 0. The normalized spacial score (nSPS) is 14.2. The van der Waals surface area contributed by atoms with Crippen molar-refractivity contribution in [1.82, 2.24) is 15.5 Å². The van der Waals surface area contributed by atoms with E-state index in [-0.39, 0.29) is 24.4 Å². The Morgan fingerprint density at radius 3 is 2.41 bits per heavy atom. The molecular weight excluding hydrogens is 368 g/mol. The number of anilines is 1. The summed E-state index contributed by atoms with van der Waals surface area (Å²) in [6.45, 7) is 3.00. The SMILES string of the molecule is Cc1cccc(NC(=O)NCC(=O)N2CCC(NC(=O)c3ccccc3)CC2)c1. The topological polar surface area (TPSA) is 90.5 Å². The average Bonchev–Trinajstić information content (AvgIpc) is 2.73. The van der Waals surface area contributed by atoms with Crippen molar-refractivity contribution in [1.29, 1.82) is 0 Å². The molecule has 1 saturated heterocycles. The number of amides is 4. The summed E-state index contributed by atoms with van der Waals surface area (Å²) in [5, 5.41) is 8.34. The maximum Gasteiger partial charge on any atom is 0.319 e. The highest BCUT2D eigenvalue weighted by molar-refractivity contribution is 5.94. The molecule has 1 fully saturated rings. The first-order valence-electron chi connectivity index (χ1n) is 9.76. The molecule has 1 aliphatic rings. The van der Waals surface area contributed by atoms with Crippen LogP contribution in [0, 0.1) is 6.92 Å². The maximum absolute atomic E-state index is 12.4. The number of nitrogens with one attached hydrogen (secondary N) is 3. The molecule has 1 aliphatic heterocycles. The maximum atomic E-state index is 12.4. The molecule has 7 nitrogen and oxygen atoms in total. The van der Waals surface area contributed by atoms with Gasteiger partial charge in [-0.1, -0.05) is 30.3 Å². The number of hydrogen-bond acceptors (Lipinski definition) is 3. The number of nitrogens with zero attached hydrogens (tertiary/aromatic N) is 1. The number of hydrogen-bond donors (Lipinski definition) is 3. The van der Waals surface area contributed by atoms with E-state index >= 15 is 0 Å². The minimum atomic E-state index is -0.408. The summed E-state index contributed by atoms with van der Waals surface area (Å²) >= 11 is 0. The molecule has 3 rings (SSSR count). The quantitative estimate of drug-likeness (QED) is 0.728. The van der Waals surface area contributed by atoms with Crippen molar-refractivity contribution >= 4 is 23.5 Å². The average molecular weight is 394 g/mol. The Morgan fingerprint density at radius 2 is 1.72 bits per heavy atom. The Morgan fingerprint density at radius 1 is 1.00 bits per heavy atom. The Balaban J connectivity index is 1.38. The zero-order valence-corrected chi connectivity index (χ0v) is 16.5. The van der Waals surface area contributed by atoms with Crippen LogP contribution in [0.4, 0.5) is 10.5 Å². The molecule has 152 valence electrons. The van der Waals surface area contributed by atoms with Crippen LogP contribution in [-0.2, 0) is 4.79 Å². The molecule has 0 aromatic heterocycles.